The van der Waals surface area contributed by atoms with E-state index in [4.69, 9.17) is 0 Å². The molecular weight excluding hydrogens is 324 g/mol. The number of hydrogen-bond acceptors (Lipinski definition) is 2. The highest BCUT2D eigenvalue weighted by molar-refractivity contribution is 6.28. The largest absolute Gasteiger partial charge is 0.309 e. The van der Waals surface area contributed by atoms with Gasteiger partial charge < -0.3 is 4.57 Å². The fourth-order valence-electron chi connectivity index (χ4n) is 3.61. The lowest BCUT2D eigenvalue weighted by Gasteiger charge is -2.15. The number of nitrogens with zero attached hydrogens (tertiary/aromatic N) is 2. The summed E-state index contributed by atoms with van der Waals surface area (Å²) in [4.78, 5) is 24.9. The predicted octanol–water partition coefficient (Wildman–Crippen LogP) is 4.21. The first-order chi connectivity index (χ1) is 12.7. The van der Waals surface area contributed by atoms with Crippen molar-refractivity contribution >= 4 is 39.3 Å². The lowest BCUT2D eigenvalue weighted by molar-refractivity contribution is -0.119. The maximum atomic E-state index is 11.9. The Balaban J connectivity index is 1.68. The van der Waals surface area contributed by atoms with E-state index in [1.165, 1.54) is 27.8 Å². The summed E-state index contributed by atoms with van der Waals surface area (Å²) in [6, 6.07) is 24.1. The summed E-state index contributed by atoms with van der Waals surface area (Å²) < 4.78 is 2.19. The summed E-state index contributed by atoms with van der Waals surface area (Å²) in [5.74, 6) is -0.612. The van der Waals surface area contributed by atoms with E-state index in [-0.39, 0.29) is 11.8 Å². The minimum Gasteiger partial charge on any atom is -0.309 e. The average molecular weight is 338 g/mol. The second-order valence-corrected chi connectivity index (χ2v) is 6.23. The third-order valence-corrected chi connectivity index (χ3v) is 4.76. The standard InChI is InChI=1S/C22H14N2O2/c25-21-13-14-22(26)24(21)16-11-9-15(10-12-16)23-19-7-3-1-5-17(19)18-6-2-4-8-20(18)23/h1-14H. The number of benzene rings is 3. The van der Waals surface area contributed by atoms with E-state index in [2.05, 4.69) is 28.8 Å². The van der Waals surface area contributed by atoms with Crippen LogP contribution in [0.2, 0.25) is 0 Å². The van der Waals surface area contributed by atoms with Gasteiger partial charge in [0.2, 0.25) is 0 Å². The van der Waals surface area contributed by atoms with Gasteiger partial charge in [-0.05, 0) is 36.4 Å². The number of amides is 2. The van der Waals surface area contributed by atoms with Crippen LogP contribution in [0.4, 0.5) is 5.69 Å². The normalized spacial score (nSPS) is 14.1. The molecule has 0 saturated carbocycles. The Labute approximate surface area is 149 Å². The molecule has 0 fully saturated rings. The molecule has 2 amide bonds. The molecule has 4 heteroatoms. The summed E-state index contributed by atoms with van der Waals surface area (Å²) in [5, 5.41) is 2.39. The van der Waals surface area contributed by atoms with Crippen LogP contribution in [-0.2, 0) is 9.59 Å². The van der Waals surface area contributed by atoms with Gasteiger partial charge in [0.25, 0.3) is 11.8 Å². The number of aromatic nitrogens is 1. The first-order valence-corrected chi connectivity index (χ1v) is 8.39. The van der Waals surface area contributed by atoms with Crippen molar-refractivity contribution in [1.82, 2.24) is 4.57 Å². The molecule has 124 valence electrons. The quantitative estimate of drug-likeness (QED) is 0.514. The zero-order valence-electron chi connectivity index (χ0n) is 13.8. The van der Waals surface area contributed by atoms with Crippen LogP contribution in [0.15, 0.2) is 84.9 Å². The van der Waals surface area contributed by atoms with Crippen LogP contribution in [0.1, 0.15) is 0 Å². The molecule has 0 aliphatic carbocycles. The Bertz CT molecular complexity index is 1140. The van der Waals surface area contributed by atoms with Gasteiger partial charge in [0.05, 0.1) is 16.7 Å². The van der Waals surface area contributed by atoms with Crippen molar-refractivity contribution in [2.75, 3.05) is 4.90 Å². The summed E-state index contributed by atoms with van der Waals surface area (Å²) in [6.45, 7) is 0. The lowest BCUT2D eigenvalue weighted by atomic mass is 10.2. The molecule has 3 aromatic carbocycles. The van der Waals surface area contributed by atoms with Gasteiger partial charge in [-0.3, -0.25) is 9.59 Å². The van der Waals surface area contributed by atoms with Crippen molar-refractivity contribution in [2.24, 2.45) is 0 Å². The van der Waals surface area contributed by atoms with Gasteiger partial charge in [0, 0.05) is 28.6 Å². The smallest absolute Gasteiger partial charge is 0.258 e. The highest BCUT2D eigenvalue weighted by Crippen LogP contribution is 2.32. The van der Waals surface area contributed by atoms with Gasteiger partial charge in [0.1, 0.15) is 0 Å². The maximum absolute atomic E-state index is 11.9. The molecule has 0 radical (unpaired) electrons. The Hall–Kier alpha value is -3.66. The van der Waals surface area contributed by atoms with E-state index >= 15 is 0 Å². The summed E-state index contributed by atoms with van der Waals surface area (Å²) in [6.07, 6.45) is 2.59. The highest BCUT2D eigenvalue weighted by Gasteiger charge is 2.25. The molecule has 0 spiro atoms. The molecule has 0 saturated heterocycles. The number of fused-ring (bicyclic) bond motifs is 3. The van der Waals surface area contributed by atoms with Crippen molar-refractivity contribution in [3.05, 3.63) is 84.9 Å². The molecule has 0 unspecified atom stereocenters. The number of para-hydroxylation sites is 2. The predicted molar refractivity (Wildman–Crippen MR) is 102 cm³/mol. The SMILES string of the molecule is O=C1C=CC(=O)N1c1ccc(-n2c3ccccc3c3ccccc32)cc1. The van der Waals surface area contributed by atoms with Crippen molar-refractivity contribution in [2.45, 2.75) is 0 Å². The van der Waals surface area contributed by atoms with E-state index in [9.17, 15) is 9.59 Å². The summed E-state index contributed by atoms with van der Waals surface area (Å²) in [7, 11) is 0. The van der Waals surface area contributed by atoms with Gasteiger partial charge in [-0.1, -0.05) is 36.4 Å². The minimum absolute atomic E-state index is 0.306. The third kappa shape index (κ3) is 2.02. The Morgan fingerprint density at radius 2 is 1.00 bits per heavy atom. The Morgan fingerprint density at radius 1 is 0.538 bits per heavy atom. The van der Waals surface area contributed by atoms with E-state index in [0.29, 0.717) is 5.69 Å². The van der Waals surface area contributed by atoms with Crippen LogP contribution < -0.4 is 4.90 Å². The van der Waals surface area contributed by atoms with Gasteiger partial charge >= 0.3 is 0 Å². The molecule has 0 bridgehead atoms. The molecule has 0 N–H and O–H groups in total. The van der Waals surface area contributed by atoms with Crippen LogP contribution in [0.3, 0.4) is 0 Å². The second-order valence-electron chi connectivity index (χ2n) is 6.23. The fraction of sp³-hybridized carbons (Fsp3) is 0. The molecule has 1 aliphatic rings. The summed E-state index contributed by atoms with van der Waals surface area (Å²) >= 11 is 0. The van der Waals surface area contributed by atoms with Crippen molar-refractivity contribution in [1.29, 1.82) is 0 Å². The summed E-state index contributed by atoms with van der Waals surface area (Å²) in [5.41, 5.74) is 3.81. The zero-order valence-corrected chi connectivity index (χ0v) is 13.8. The zero-order chi connectivity index (χ0) is 17.7. The number of anilines is 1. The van der Waals surface area contributed by atoms with E-state index in [0.717, 1.165) is 16.7 Å². The van der Waals surface area contributed by atoms with Crippen molar-refractivity contribution in [3.63, 3.8) is 0 Å². The van der Waals surface area contributed by atoms with Crippen LogP contribution >= 0.6 is 0 Å². The molecule has 2 heterocycles. The molecule has 1 aromatic heterocycles. The Morgan fingerprint density at radius 3 is 1.54 bits per heavy atom. The molecule has 4 nitrogen and oxygen atoms in total. The number of rotatable bonds is 2. The van der Waals surface area contributed by atoms with Gasteiger partial charge in [-0.15, -0.1) is 0 Å². The first-order valence-electron chi connectivity index (χ1n) is 8.39. The topological polar surface area (TPSA) is 42.3 Å². The van der Waals surface area contributed by atoms with Crippen LogP contribution in [0, 0.1) is 0 Å². The van der Waals surface area contributed by atoms with E-state index in [1.54, 1.807) is 0 Å². The van der Waals surface area contributed by atoms with Crippen LogP contribution in [0.25, 0.3) is 27.5 Å². The third-order valence-electron chi connectivity index (χ3n) is 4.76. The van der Waals surface area contributed by atoms with Crippen LogP contribution in [0.5, 0.6) is 0 Å². The molecule has 4 aromatic rings. The van der Waals surface area contributed by atoms with Crippen molar-refractivity contribution in [3.8, 4) is 5.69 Å². The fourth-order valence-corrected chi connectivity index (χ4v) is 3.61. The first kappa shape index (κ1) is 14.7. The maximum Gasteiger partial charge on any atom is 0.258 e. The van der Waals surface area contributed by atoms with Gasteiger partial charge in [-0.2, -0.15) is 0 Å². The highest BCUT2D eigenvalue weighted by atomic mass is 16.2. The number of carbonyl (C=O) groups is 2. The molecule has 5 rings (SSSR count). The monoisotopic (exact) mass is 338 g/mol. The average Bonchev–Trinajstić information content (AvgIpc) is 3.19. The number of hydrogen-bond donors (Lipinski definition) is 0. The Kier molecular flexibility index (Phi) is 3.06. The van der Waals surface area contributed by atoms with Gasteiger partial charge in [0.15, 0.2) is 0 Å². The molecule has 0 atom stereocenters. The lowest BCUT2D eigenvalue weighted by Crippen LogP contribution is -2.29. The molecular formula is C22H14N2O2. The van der Waals surface area contributed by atoms with E-state index < -0.39 is 0 Å². The number of carbonyl (C=O) groups excluding carboxylic acids is 2. The second kappa shape index (κ2) is 5.43. The van der Waals surface area contributed by atoms with Crippen LogP contribution in [-0.4, -0.2) is 16.4 Å². The van der Waals surface area contributed by atoms with Gasteiger partial charge in [-0.25, -0.2) is 4.90 Å². The molecule has 26 heavy (non-hydrogen) atoms. The van der Waals surface area contributed by atoms with E-state index in [1.807, 2.05) is 48.5 Å². The number of imide groups is 1. The molecule has 1 aliphatic heterocycles. The van der Waals surface area contributed by atoms with Crippen molar-refractivity contribution < 1.29 is 9.59 Å². The minimum atomic E-state index is -0.306.